The third-order valence-electron chi connectivity index (χ3n) is 2.33. The number of carboxylic acids is 1. The minimum absolute atomic E-state index is 0.00649. The lowest BCUT2D eigenvalue weighted by Crippen LogP contribution is -1.97. The predicted molar refractivity (Wildman–Crippen MR) is 60.9 cm³/mol. The summed E-state index contributed by atoms with van der Waals surface area (Å²) in [5.74, 6) is -0.466. The number of furan rings is 1. The summed E-state index contributed by atoms with van der Waals surface area (Å²) in [5, 5.41) is 15.9. The van der Waals surface area contributed by atoms with Gasteiger partial charge in [0, 0.05) is 18.8 Å². The number of nitrogens with zero attached hydrogens (tertiary/aromatic N) is 2. The van der Waals surface area contributed by atoms with Crippen LogP contribution in [0.15, 0.2) is 22.9 Å². The molecule has 0 aliphatic rings. The largest absolute Gasteiger partial charge is 0.475 e. The second kappa shape index (κ2) is 4.32. The summed E-state index contributed by atoms with van der Waals surface area (Å²) in [5.41, 5.74) is 1.49. The van der Waals surface area contributed by atoms with Crippen molar-refractivity contribution in [1.29, 1.82) is 0 Å². The number of aromatic nitrogens is 2. The molecule has 6 heteroatoms. The van der Waals surface area contributed by atoms with Gasteiger partial charge in [0.1, 0.15) is 5.76 Å². The number of aryl methyl sites for hydroxylation is 2. The number of aromatic carboxylic acids is 1. The van der Waals surface area contributed by atoms with Crippen molar-refractivity contribution in [3.05, 3.63) is 35.5 Å². The van der Waals surface area contributed by atoms with E-state index in [9.17, 15) is 4.79 Å². The first-order valence-electron chi connectivity index (χ1n) is 5.11. The SMILES string of the molecule is Cc1cc(CNc2cnn(C)c2)oc1C(=O)O. The number of hydrogen-bond donors (Lipinski definition) is 2. The molecule has 6 nitrogen and oxygen atoms in total. The fourth-order valence-corrected chi connectivity index (χ4v) is 1.55. The molecular formula is C11H13N3O3. The summed E-state index contributed by atoms with van der Waals surface area (Å²) in [6.45, 7) is 2.14. The lowest BCUT2D eigenvalue weighted by Gasteiger charge is -1.99. The Morgan fingerprint density at radius 1 is 1.65 bits per heavy atom. The molecule has 0 amide bonds. The second-order valence-corrected chi connectivity index (χ2v) is 3.79. The molecule has 90 valence electrons. The molecule has 0 aliphatic heterocycles. The summed E-state index contributed by atoms with van der Waals surface area (Å²) in [7, 11) is 1.82. The smallest absolute Gasteiger partial charge is 0.372 e. The number of nitrogens with one attached hydrogen (secondary N) is 1. The third kappa shape index (κ3) is 2.47. The summed E-state index contributed by atoms with van der Waals surface area (Å²) < 4.78 is 6.89. The lowest BCUT2D eigenvalue weighted by atomic mass is 10.2. The van der Waals surface area contributed by atoms with Gasteiger partial charge in [-0.2, -0.15) is 5.10 Å². The molecule has 2 rings (SSSR count). The van der Waals surface area contributed by atoms with Crippen LogP contribution in [0.3, 0.4) is 0 Å². The van der Waals surface area contributed by atoms with E-state index >= 15 is 0 Å². The van der Waals surface area contributed by atoms with Crippen molar-refractivity contribution in [2.75, 3.05) is 5.32 Å². The molecule has 0 radical (unpaired) electrons. The topological polar surface area (TPSA) is 80.3 Å². The van der Waals surface area contributed by atoms with Crippen LogP contribution in [0.5, 0.6) is 0 Å². The molecule has 2 N–H and O–H groups in total. The Morgan fingerprint density at radius 3 is 2.94 bits per heavy atom. The summed E-state index contributed by atoms with van der Waals surface area (Å²) in [6.07, 6.45) is 3.52. The van der Waals surface area contributed by atoms with Crippen LogP contribution < -0.4 is 5.32 Å². The maximum absolute atomic E-state index is 10.8. The zero-order valence-corrected chi connectivity index (χ0v) is 9.60. The van der Waals surface area contributed by atoms with Gasteiger partial charge >= 0.3 is 5.97 Å². The normalized spacial score (nSPS) is 10.5. The molecule has 0 aromatic carbocycles. The fourth-order valence-electron chi connectivity index (χ4n) is 1.55. The summed E-state index contributed by atoms with van der Waals surface area (Å²) >= 11 is 0. The molecule has 0 fully saturated rings. The van der Waals surface area contributed by atoms with Crippen LogP contribution in [-0.4, -0.2) is 20.9 Å². The first-order chi connectivity index (χ1) is 8.06. The number of hydrogen-bond acceptors (Lipinski definition) is 4. The maximum atomic E-state index is 10.8. The van der Waals surface area contributed by atoms with E-state index in [4.69, 9.17) is 9.52 Å². The van der Waals surface area contributed by atoms with E-state index in [-0.39, 0.29) is 5.76 Å². The standard InChI is InChI=1S/C11H13N3O3/c1-7-3-9(17-10(7)11(15)16)5-12-8-4-13-14(2)6-8/h3-4,6,12H,5H2,1-2H3,(H,15,16). The van der Waals surface area contributed by atoms with E-state index in [0.717, 1.165) is 5.69 Å². The van der Waals surface area contributed by atoms with Crippen molar-refractivity contribution >= 4 is 11.7 Å². The van der Waals surface area contributed by atoms with Gasteiger partial charge in [-0.1, -0.05) is 0 Å². The van der Waals surface area contributed by atoms with Gasteiger partial charge in [0.15, 0.2) is 0 Å². The zero-order chi connectivity index (χ0) is 12.4. The van der Waals surface area contributed by atoms with Crippen molar-refractivity contribution < 1.29 is 14.3 Å². The molecular weight excluding hydrogens is 222 g/mol. The van der Waals surface area contributed by atoms with Gasteiger partial charge in [-0.25, -0.2) is 4.79 Å². The van der Waals surface area contributed by atoms with Gasteiger partial charge in [0.2, 0.25) is 5.76 Å². The molecule has 2 heterocycles. The Bertz CT molecular complexity index is 542. The van der Waals surface area contributed by atoms with E-state index in [0.29, 0.717) is 17.9 Å². The van der Waals surface area contributed by atoms with Crippen molar-refractivity contribution in [3.63, 3.8) is 0 Å². The Morgan fingerprint density at radius 2 is 2.41 bits per heavy atom. The van der Waals surface area contributed by atoms with Gasteiger partial charge in [-0.15, -0.1) is 0 Å². The average Bonchev–Trinajstić information content (AvgIpc) is 2.82. The van der Waals surface area contributed by atoms with E-state index in [1.165, 1.54) is 0 Å². The van der Waals surface area contributed by atoms with E-state index < -0.39 is 5.97 Å². The van der Waals surface area contributed by atoms with Gasteiger partial charge in [-0.3, -0.25) is 4.68 Å². The Kier molecular flexibility index (Phi) is 2.86. The Hall–Kier alpha value is -2.24. The van der Waals surface area contributed by atoms with Gasteiger partial charge in [0.05, 0.1) is 18.4 Å². The molecule has 0 aliphatic carbocycles. The van der Waals surface area contributed by atoms with Gasteiger partial charge in [0.25, 0.3) is 0 Å². The minimum atomic E-state index is -1.05. The van der Waals surface area contributed by atoms with Crippen LogP contribution in [0.1, 0.15) is 21.9 Å². The van der Waals surface area contributed by atoms with E-state index in [1.807, 2.05) is 13.2 Å². The summed E-state index contributed by atoms with van der Waals surface area (Å²) in [4.78, 5) is 10.8. The van der Waals surface area contributed by atoms with Crippen molar-refractivity contribution in [1.82, 2.24) is 9.78 Å². The highest BCUT2D eigenvalue weighted by Gasteiger charge is 2.13. The first kappa shape index (κ1) is 11.3. The molecule has 2 aromatic rings. The lowest BCUT2D eigenvalue weighted by molar-refractivity contribution is 0.0659. The number of carbonyl (C=O) groups is 1. The molecule has 0 bridgehead atoms. The molecule has 2 aromatic heterocycles. The molecule has 0 saturated heterocycles. The van der Waals surface area contributed by atoms with Crippen LogP contribution in [0.2, 0.25) is 0 Å². The average molecular weight is 235 g/mol. The molecule has 0 spiro atoms. The van der Waals surface area contributed by atoms with Crippen molar-refractivity contribution in [2.45, 2.75) is 13.5 Å². The van der Waals surface area contributed by atoms with Crippen molar-refractivity contribution in [3.8, 4) is 0 Å². The van der Waals surface area contributed by atoms with Crippen LogP contribution in [0.25, 0.3) is 0 Å². The second-order valence-electron chi connectivity index (χ2n) is 3.79. The molecule has 0 atom stereocenters. The Labute approximate surface area is 97.9 Å². The van der Waals surface area contributed by atoms with Crippen LogP contribution in [0.4, 0.5) is 5.69 Å². The quantitative estimate of drug-likeness (QED) is 0.841. The molecule has 0 unspecified atom stereocenters. The highest BCUT2D eigenvalue weighted by atomic mass is 16.4. The number of carboxylic acid groups (broad SMARTS) is 1. The van der Waals surface area contributed by atoms with Crippen molar-refractivity contribution in [2.24, 2.45) is 7.05 Å². The monoisotopic (exact) mass is 235 g/mol. The van der Waals surface area contributed by atoms with Gasteiger partial charge in [-0.05, 0) is 13.0 Å². The van der Waals surface area contributed by atoms with Crippen LogP contribution in [0, 0.1) is 6.92 Å². The fraction of sp³-hybridized carbons (Fsp3) is 0.273. The maximum Gasteiger partial charge on any atom is 0.372 e. The molecule has 0 saturated carbocycles. The Balaban J connectivity index is 2.04. The first-order valence-corrected chi connectivity index (χ1v) is 5.11. The van der Waals surface area contributed by atoms with Gasteiger partial charge < -0.3 is 14.8 Å². The summed E-state index contributed by atoms with van der Waals surface area (Å²) in [6, 6.07) is 1.72. The van der Waals surface area contributed by atoms with E-state index in [1.54, 1.807) is 23.9 Å². The highest BCUT2D eigenvalue weighted by molar-refractivity contribution is 5.86. The van der Waals surface area contributed by atoms with Crippen LogP contribution in [-0.2, 0) is 13.6 Å². The highest BCUT2D eigenvalue weighted by Crippen LogP contribution is 2.16. The zero-order valence-electron chi connectivity index (χ0n) is 9.60. The third-order valence-corrected chi connectivity index (χ3v) is 2.33. The molecule has 17 heavy (non-hydrogen) atoms. The van der Waals surface area contributed by atoms with E-state index in [2.05, 4.69) is 10.4 Å². The minimum Gasteiger partial charge on any atom is -0.475 e. The van der Waals surface area contributed by atoms with Crippen LogP contribution >= 0.6 is 0 Å². The predicted octanol–water partition coefficient (Wildman–Crippen LogP) is 1.63. The number of rotatable bonds is 4. The number of anilines is 1.